The van der Waals surface area contributed by atoms with Crippen molar-refractivity contribution in [2.45, 2.75) is 16.4 Å². The summed E-state index contributed by atoms with van der Waals surface area (Å²) in [4.78, 5) is 0. The summed E-state index contributed by atoms with van der Waals surface area (Å²) in [6.07, 6.45) is -2.47. The number of thiophene rings is 1. The number of fused-ring (bicyclic) bond motifs is 2. The largest absolute Gasteiger partial charge is 0.504 e. The molecule has 27 heavy (non-hydrogen) atoms. The van der Waals surface area contributed by atoms with Gasteiger partial charge in [0.1, 0.15) is 16.4 Å². The smallest absolute Gasteiger partial charge is 0.271 e. The summed E-state index contributed by atoms with van der Waals surface area (Å²) in [6, 6.07) is 10.8. The number of phenols is 2. The third-order valence-electron chi connectivity index (χ3n) is 4.50. The molecular formula is C18H15NO6S2. The Labute approximate surface area is 158 Å². The van der Waals surface area contributed by atoms with Crippen molar-refractivity contribution in [1.82, 2.24) is 0 Å². The lowest BCUT2D eigenvalue weighted by Gasteiger charge is -2.30. The van der Waals surface area contributed by atoms with Crippen LogP contribution in [0.3, 0.4) is 0 Å². The molecule has 1 aliphatic rings. The Balaban J connectivity index is 1.85. The van der Waals surface area contributed by atoms with Gasteiger partial charge in [-0.1, -0.05) is 30.3 Å². The topological polar surface area (TPSA) is 127 Å². The number of anilines is 1. The molecule has 2 atom stereocenters. The summed E-state index contributed by atoms with van der Waals surface area (Å²) < 4.78 is 27.1. The van der Waals surface area contributed by atoms with Crippen LogP contribution in [-0.2, 0) is 10.0 Å². The summed E-state index contributed by atoms with van der Waals surface area (Å²) in [5.41, 5.74) is 0.609. The number of hydrogen-bond acceptors (Lipinski definition) is 7. The molecular weight excluding hydrogens is 390 g/mol. The van der Waals surface area contributed by atoms with E-state index in [-0.39, 0.29) is 21.0 Å². The van der Waals surface area contributed by atoms with Crippen LogP contribution in [0.15, 0.2) is 52.1 Å². The normalized spacial score (nSPS) is 18.6. The van der Waals surface area contributed by atoms with Gasteiger partial charge in [0.15, 0.2) is 11.5 Å². The Morgan fingerprint density at radius 2 is 1.56 bits per heavy atom. The summed E-state index contributed by atoms with van der Waals surface area (Å²) in [6.45, 7) is 0. The third kappa shape index (κ3) is 2.76. The van der Waals surface area contributed by atoms with E-state index < -0.39 is 33.7 Å². The molecule has 1 heterocycles. The van der Waals surface area contributed by atoms with E-state index in [1.165, 1.54) is 12.1 Å². The molecule has 5 N–H and O–H groups in total. The van der Waals surface area contributed by atoms with E-state index >= 15 is 0 Å². The maximum atomic E-state index is 12.4. The van der Waals surface area contributed by atoms with Crippen LogP contribution < -0.4 is 4.72 Å². The fourth-order valence-electron chi connectivity index (χ4n) is 3.23. The first kappa shape index (κ1) is 17.8. The van der Waals surface area contributed by atoms with E-state index in [4.69, 9.17) is 0 Å². The van der Waals surface area contributed by atoms with Gasteiger partial charge in [-0.2, -0.15) is 0 Å². The second-order valence-electron chi connectivity index (χ2n) is 6.10. The molecule has 0 saturated carbocycles. The molecule has 0 amide bonds. The van der Waals surface area contributed by atoms with Gasteiger partial charge in [-0.05, 0) is 34.2 Å². The molecule has 1 aliphatic carbocycles. The van der Waals surface area contributed by atoms with Gasteiger partial charge in [0, 0.05) is 5.56 Å². The highest BCUT2D eigenvalue weighted by Gasteiger charge is 2.35. The number of aromatic hydroxyl groups is 2. The number of benzene rings is 2. The number of aliphatic hydroxyl groups is 2. The molecule has 0 aliphatic heterocycles. The van der Waals surface area contributed by atoms with E-state index in [0.717, 1.165) is 11.3 Å². The SMILES string of the molecule is O=S(=O)(Nc1cc2c(c(O)c1O)C(O)c1ccccc1C2O)c1cccs1. The van der Waals surface area contributed by atoms with E-state index in [9.17, 15) is 28.8 Å². The van der Waals surface area contributed by atoms with E-state index in [1.54, 1.807) is 35.7 Å². The lowest BCUT2D eigenvalue weighted by molar-refractivity contribution is 0.169. The van der Waals surface area contributed by atoms with Crippen molar-refractivity contribution < 1.29 is 28.8 Å². The minimum Gasteiger partial charge on any atom is -0.504 e. The third-order valence-corrected chi connectivity index (χ3v) is 7.27. The van der Waals surface area contributed by atoms with Crippen molar-refractivity contribution in [3.05, 3.63) is 70.1 Å². The molecule has 4 rings (SSSR count). The highest BCUT2D eigenvalue weighted by atomic mass is 32.2. The van der Waals surface area contributed by atoms with Crippen LogP contribution in [0.5, 0.6) is 11.5 Å². The van der Waals surface area contributed by atoms with Gasteiger partial charge >= 0.3 is 0 Å². The van der Waals surface area contributed by atoms with Gasteiger partial charge in [-0.25, -0.2) is 8.42 Å². The summed E-state index contributed by atoms with van der Waals surface area (Å²) in [5.74, 6) is -1.41. The molecule has 9 heteroatoms. The van der Waals surface area contributed by atoms with Gasteiger partial charge in [0.05, 0.1) is 5.69 Å². The Hall–Kier alpha value is -2.59. The molecule has 0 bridgehead atoms. The summed E-state index contributed by atoms with van der Waals surface area (Å²) >= 11 is 0.996. The number of hydrogen-bond donors (Lipinski definition) is 5. The number of aliphatic hydroxyl groups excluding tert-OH is 2. The maximum absolute atomic E-state index is 12.4. The minimum absolute atomic E-state index is 0.0324. The summed E-state index contributed by atoms with van der Waals surface area (Å²) in [5, 5.41) is 43.6. The van der Waals surface area contributed by atoms with E-state index in [0.29, 0.717) is 11.1 Å². The lowest BCUT2D eigenvalue weighted by Crippen LogP contribution is -2.19. The van der Waals surface area contributed by atoms with Crippen molar-refractivity contribution in [3.8, 4) is 11.5 Å². The molecule has 7 nitrogen and oxygen atoms in total. The number of rotatable bonds is 3. The average Bonchev–Trinajstić information content (AvgIpc) is 3.19. The second kappa shape index (κ2) is 6.24. The fraction of sp³-hybridized carbons (Fsp3) is 0.111. The highest BCUT2D eigenvalue weighted by molar-refractivity contribution is 7.94. The molecule has 3 aromatic rings. The van der Waals surface area contributed by atoms with E-state index in [2.05, 4.69) is 4.72 Å². The monoisotopic (exact) mass is 405 g/mol. The van der Waals surface area contributed by atoms with Crippen LogP contribution in [-0.4, -0.2) is 28.8 Å². The first-order valence-electron chi connectivity index (χ1n) is 7.91. The quantitative estimate of drug-likeness (QED) is 0.426. The molecule has 140 valence electrons. The zero-order chi connectivity index (χ0) is 19.3. The molecule has 0 saturated heterocycles. The van der Waals surface area contributed by atoms with Crippen LogP contribution in [0.2, 0.25) is 0 Å². The molecule has 0 radical (unpaired) electrons. The van der Waals surface area contributed by atoms with Crippen molar-refractivity contribution in [2.75, 3.05) is 4.72 Å². The first-order valence-corrected chi connectivity index (χ1v) is 10.3. The fourth-order valence-corrected chi connectivity index (χ4v) is 5.28. The van der Waals surface area contributed by atoms with E-state index in [1.807, 2.05) is 0 Å². The van der Waals surface area contributed by atoms with Crippen LogP contribution in [0.25, 0.3) is 0 Å². The number of sulfonamides is 1. The van der Waals surface area contributed by atoms with Crippen LogP contribution in [0, 0.1) is 0 Å². The Bertz CT molecular complexity index is 1130. The highest BCUT2D eigenvalue weighted by Crippen LogP contribution is 2.50. The standard InChI is InChI=1S/C18H15NO6S2/c20-15-9-4-1-2-5-10(9)16(21)14-11(15)8-12(17(22)18(14)23)19-27(24,25)13-6-3-7-26-13/h1-8,15-16,19-23H. The van der Waals surface area contributed by atoms with Crippen LogP contribution >= 0.6 is 11.3 Å². The predicted octanol–water partition coefficient (Wildman–Crippen LogP) is 2.44. The molecule has 1 aromatic heterocycles. The van der Waals surface area contributed by atoms with Crippen molar-refractivity contribution in [1.29, 1.82) is 0 Å². The predicted molar refractivity (Wildman–Crippen MR) is 99.5 cm³/mol. The minimum atomic E-state index is -3.97. The van der Waals surface area contributed by atoms with Gasteiger partial charge < -0.3 is 20.4 Å². The Morgan fingerprint density at radius 1 is 0.889 bits per heavy atom. The molecule has 2 aromatic carbocycles. The van der Waals surface area contributed by atoms with Crippen LogP contribution in [0.1, 0.15) is 34.5 Å². The number of phenolic OH excluding ortho intramolecular Hbond substituents is 2. The summed E-state index contributed by atoms with van der Waals surface area (Å²) in [7, 11) is -3.97. The van der Waals surface area contributed by atoms with Gasteiger partial charge in [-0.3, -0.25) is 4.72 Å². The van der Waals surface area contributed by atoms with Crippen molar-refractivity contribution >= 4 is 27.0 Å². The first-order chi connectivity index (χ1) is 12.8. The molecule has 0 fully saturated rings. The van der Waals surface area contributed by atoms with Crippen LogP contribution in [0.4, 0.5) is 5.69 Å². The molecule has 0 spiro atoms. The zero-order valence-corrected chi connectivity index (χ0v) is 15.3. The molecule has 2 unspecified atom stereocenters. The van der Waals surface area contributed by atoms with Gasteiger partial charge in [0.25, 0.3) is 10.0 Å². The Morgan fingerprint density at radius 3 is 2.19 bits per heavy atom. The average molecular weight is 405 g/mol. The van der Waals surface area contributed by atoms with Crippen molar-refractivity contribution in [3.63, 3.8) is 0 Å². The zero-order valence-electron chi connectivity index (χ0n) is 13.7. The Kier molecular flexibility index (Phi) is 4.11. The maximum Gasteiger partial charge on any atom is 0.271 e. The number of nitrogens with one attached hydrogen (secondary N) is 1. The lowest BCUT2D eigenvalue weighted by atomic mass is 9.81. The van der Waals surface area contributed by atoms with Gasteiger partial charge in [0.2, 0.25) is 0 Å². The van der Waals surface area contributed by atoms with Gasteiger partial charge in [-0.15, -0.1) is 11.3 Å². The second-order valence-corrected chi connectivity index (χ2v) is 8.95. The van der Waals surface area contributed by atoms with Crippen molar-refractivity contribution in [2.24, 2.45) is 0 Å².